The van der Waals surface area contributed by atoms with Gasteiger partial charge in [0.15, 0.2) is 23.0 Å². The van der Waals surface area contributed by atoms with E-state index in [9.17, 15) is 9.59 Å². The molecule has 2 aliphatic rings. The van der Waals surface area contributed by atoms with E-state index >= 15 is 0 Å². The normalized spacial score (nSPS) is 15.5. The molecular formula is C28H28N3O6. The van der Waals surface area contributed by atoms with Crippen molar-refractivity contribution in [2.75, 3.05) is 32.6 Å². The van der Waals surface area contributed by atoms with Crippen LogP contribution in [0.15, 0.2) is 54.6 Å². The van der Waals surface area contributed by atoms with Gasteiger partial charge in [0.05, 0.1) is 14.2 Å². The molecule has 5 rings (SSSR count). The molecule has 2 aliphatic heterocycles. The lowest BCUT2D eigenvalue weighted by molar-refractivity contribution is -0.165. The fourth-order valence-corrected chi connectivity index (χ4v) is 4.59. The molecule has 1 atom stereocenters. The summed E-state index contributed by atoms with van der Waals surface area (Å²) in [4.78, 5) is 27.5. The summed E-state index contributed by atoms with van der Waals surface area (Å²) in [5.41, 5.74) is 9.65. The van der Waals surface area contributed by atoms with E-state index in [2.05, 4.69) is 28.4 Å². The summed E-state index contributed by atoms with van der Waals surface area (Å²) in [5.74, 6) is -2.13. The Balaban J connectivity index is 1.19. The van der Waals surface area contributed by atoms with Crippen molar-refractivity contribution in [3.63, 3.8) is 0 Å². The molecule has 0 aliphatic carbocycles. The van der Waals surface area contributed by atoms with Crippen LogP contribution in [-0.2, 0) is 29.0 Å². The van der Waals surface area contributed by atoms with Crippen molar-refractivity contribution in [1.29, 1.82) is 0 Å². The van der Waals surface area contributed by atoms with E-state index in [1.807, 2.05) is 12.1 Å². The van der Waals surface area contributed by atoms with Gasteiger partial charge in [-0.25, -0.2) is 0 Å². The molecule has 9 heteroatoms. The smallest absolute Gasteiger partial charge is 0.415 e. The number of nitrogens with zero attached hydrogens (tertiary/aromatic N) is 1. The molecular weight excluding hydrogens is 474 g/mol. The Labute approximate surface area is 215 Å². The molecule has 0 aromatic heterocycles. The molecule has 0 fully saturated rings. The standard InChI is InChI=1S/C28H28N3O6/c1-34-24-15-19-12-14-31(17-20(19)16-25(24)35-2)13-11-18-7-9-21(10-8-18)30-27(33)28(26(29)32)36-22-5-3-4-6-23(22)37-28/h3,5-10,15-16H,11-14,17H2,1-2H3,(H2,29,32)(H,30,33). The topological polar surface area (TPSA) is 112 Å². The van der Waals surface area contributed by atoms with Crippen LogP contribution in [-0.4, -0.2) is 49.8 Å². The van der Waals surface area contributed by atoms with Gasteiger partial charge in [0.1, 0.15) is 0 Å². The minimum Gasteiger partial charge on any atom is -0.493 e. The zero-order valence-corrected chi connectivity index (χ0v) is 20.7. The van der Waals surface area contributed by atoms with E-state index in [-0.39, 0.29) is 11.5 Å². The second-order valence-electron chi connectivity index (χ2n) is 8.96. The van der Waals surface area contributed by atoms with Crippen molar-refractivity contribution >= 4 is 17.5 Å². The SMILES string of the molecule is COc1cc2c(cc1OC)CN(CCc1ccc(NC(=O)C3(C(N)=O)Oc4c[c]ccc4O3)cc1)CC2. The van der Waals surface area contributed by atoms with Crippen LogP contribution in [0.4, 0.5) is 5.69 Å². The molecule has 2 amide bonds. The Morgan fingerprint density at radius 3 is 2.43 bits per heavy atom. The van der Waals surface area contributed by atoms with Crippen molar-refractivity contribution < 1.29 is 28.5 Å². The molecule has 3 aromatic carbocycles. The summed E-state index contributed by atoms with van der Waals surface area (Å²) >= 11 is 0. The van der Waals surface area contributed by atoms with Gasteiger partial charge in [-0.15, -0.1) is 0 Å². The predicted molar refractivity (Wildman–Crippen MR) is 136 cm³/mol. The van der Waals surface area contributed by atoms with Crippen LogP contribution in [0.5, 0.6) is 23.0 Å². The van der Waals surface area contributed by atoms with E-state index in [0.717, 1.165) is 49.5 Å². The molecule has 0 saturated heterocycles. The monoisotopic (exact) mass is 502 g/mol. The molecule has 0 spiro atoms. The maximum atomic E-state index is 13.0. The first-order valence-corrected chi connectivity index (χ1v) is 12.0. The third kappa shape index (κ3) is 4.77. The zero-order valence-electron chi connectivity index (χ0n) is 20.7. The first-order chi connectivity index (χ1) is 17.9. The van der Waals surface area contributed by atoms with Crippen LogP contribution in [0.3, 0.4) is 0 Å². The lowest BCUT2D eigenvalue weighted by atomic mass is 9.98. The summed E-state index contributed by atoms with van der Waals surface area (Å²) < 4.78 is 21.9. The number of primary amides is 1. The van der Waals surface area contributed by atoms with Crippen LogP contribution < -0.4 is 30.0 Å². The van der Waals surface area contributed by atoms with Crippen LogP contribution in [0.1, 0.15) is 16.7 Å². The number of anilines is 1. The second kappa shape index (κ2) is 10.0. The summed E-state index contributed by atoms with van der Waals surface area (Å²) in [5, 5.41) is 2.67. The number of carbonyl (C=O) groups excluding carboxylic acids is 2. The average molecular weight is 503 g/mol. The highest BCUT2D eigenvalue weighted by molar-refractivity contribution is 6.13. The van der Waals surface area contributed by atoms with E-state index < -0.39 is 17.6 Å². The number of methoxy groups -OCH3 is 2. The Morgan fingerprint density at radius 2 is 1.76 bits per heavy atom. The van der Waals surface area contributed by atoms with E-state index in [4.69, 9.17) is 24.7 Å². The van der Waals surface area contributed by atoms with Gasteiger partial charge < -0.3 is 30.0 Å². The second-order valence-corrected chi connectivity index (χ2v) is 8.96. The van der Waals surface area contributed by atoms with Crippen LogP contribution >= 0.6 is 0 Å². The van der Waals surface area contributed by atoms with Crippen molar-refractivity contribution in [3.05, 3.63) is 77.4 Å². The van der Waals surface area contributed by atoms with Gasteiger partial charge >= 0.3 is 17.6 Å². The Morgan fingerprint density at radius 1 is 1.05 bits per heavy atom. The van der Waals surface area contributed by atoms with E-state index in [1.54, 1.807) is 38.5 Å². The highest BCUT2D eigenvalue weighted by Crippen LogP contribution is 2.39. The van der Waals surface area contributed by atoms with Gasteiger partial charge in [0.2, 0.25) is 0 Å². The number of hydrogen-bond donors (Lipinski definition) is 2. The maximum absolute atomic E-state index is 13.0. The maximum Gasteiger partial charge on any atom is 0.415 e. The number of nitrogens with one attached hydrogen (secondary N) is 1. The molecule has 191 valence electrons. The van der Waals surface area contributed by atoms with Gasteiger partial charge in [0.25, 0.3) is 0 Å². The average Bonchev–Trinajstić information content (AvgIpc) is 3.33. The van der Waals surface area contributed by atoms with Gasteiger partial charge in [0, 0.05) is 25.3 Å². The Hall–Kier alpha value is -4.24. The number of rotatable bonds is 8. The quantitative estimate of drug-likeness (QED) is 0.456. The number of carbonyl (C=O) groups is 2. The number of ether oxygens (including phenoxy) is 4. The first-order valence-electron chi connectivity index (χ1n) is 12.0. The first kappa shape index (κ1) is 24.5. The van der Waals surface area contributed by atoms with Crippen LogP contribution in [0, 0.1) is 6.07 Å². The van der Waals surface area contributed by atoms with Crippen molar-refractivity contribution in [3.8, 4) is 23.0 Å². The number of fused-ring (bicyclic) bond motifs is 2. The highest BCUT2D eigenvalue weighted by Gasteiger charge is 2.55. The molecule has 9 nitrogen and oxygen atoms in total. The van der Waals surface area contributed by atoms with E-state index in [1.165, 1.54) is 17.2 Å². The van der Waals surface area contributed by atoms with Crippen molar-refractivity contribution in [2.24, 2.45) is 5.73 Å². The van der Waals surface area contributed by atoms with Crippen LogP contribution in [0.2, 0.25) is 0 Å². The molecule has 0 bridgehead atoms. The van der Waals surface area contributed by atoms with Gasteiger partial charge in [-0.2, -0.15) is 0 Å². The van der Waals surface area contributed by atoms with Crippen molar-refractivity contribution in [1.82, 2.24) is 4.90 Å². The summed E-state index contributed by atoms with van der Waals surface area (Å²) in [7, 11) is 3.30. The summed E-state index contributed by atoms with van der Waals surface area (Å²) in [6.07, 6.45) is 1.80. The molecule has 2 heterocycles. The number of amides is 2. The number of hydrogen-bond acceptors (Lipinski definition) is 7. The molecule has 1 unspecified atom stereocenters. The fraction of sp³-hybridized carbons (Fsp3) is 0.286. The van der Waals surface area contributed by atoms with E-state index in [0.29, 0.717) is 5.69 Å². The fourth-order valence-electron chi connectivity index (χ4n) is 4.59. The summed E-state index contributed by atoms with van der Waals surface area (Å²) in [6.45, 7) is 2.70. The Bertz CT molecular complexity index is 1300. The molecule has 37 heavy (non-hydrogen) atoms. The number of nitrogens with two attached hydrogens (primary N) is 1. The van der Waals surface area contributed by atoms with Crippen LogP contribution in [0.25, 0.3) is 0 Å². The van der Waals surface area contributed by atoms with Crippen molar-refractivity contribution in [2.45, 2.75) is 25.2 Å². The molecule has 3 N–H and O–H groups in total. The lowest BCUT2D eigenvalue weighted by Crippen LogP contribution is -2.59. The Kier molecular flexibility index (Phi) is 6.62. The third-order valence-electron chi connectivity index (χ3n) is 6.64. The van der Waals surface area contributed by atoms with Gasteiger partial charge in [-0.05, 0) is 72.0 Å². The van der Waals surface area contributed by atoms with Gasteiger partial charge in [-0.1, -0.05) is 18.2 Å². The molecule has 0 saturated carbocycles. The predicted octanol–water partition coefficient (Wildman–Crippen LogP) is 2.70. The highest BCUT2D eigenvalue weighted by atomic mass is 16.7. The minimum atomic E-state index is -2.27. The largest absolute Gasteiger partial charge is 0.493 e. The lowest BCUT2D eigenvalue weighted by Gasteiger charge is -2.29. The number of benzene rings is 3. The van der Waals surface area contributed by atoms with Gasteiger partial charge in [-0.3, -0.25) is 14.5 Å². The third-order valence-corrected chi connectivity index (χ3v) is 6.64. The zero-order chi connectivity index (χ0) is 26.0. The summed E-state index contributed by atoms with van der Waals surface area (Å²) in [6, 6.07) is 19.0. The minimum absolute atomic E-state index is 0.227. The molecule has 3 aromatic rings. The molecule has 1 radical (unpaired) electrons.